The minimum atomic E-state index is -4.97. The second kappa shape index (κ2) is 6.21. The molecule has 0 spiro atoms. The summed E-state index contributed by atoms with van der Waals surface area (Å²) in [7, 11) is 0. The van der Waals surface area contributed by atoms with Gasteiger partial charge in [-0.05, 0) is 27.6 Å². The maximum atomic E-state index is 12.5. The summed E-state index contributed by atoms with van der Waals surface area (Å²) >= 11 is 3.09. The van der Waals surface area contributed by atoms with Crippen LogP contribution in [0.15, 0.2) is 35.3 Å². The number of hydrogen-bond donors (Lipinski definition) is 1. The lowest BCUT2D eigenvalue weighted by Gasteiger charge is -2.24. The Balaban J connectivity index is 3.27. The van der Waals surface area contributed by atoms with Gasteiger partial charge in [0, 0.05) is 11.0 Å². The van der Waals surface area contributed by atoms with Crippen LogP contribution >= 0.6 is 15.9 Å². The molecule has 0 fully saturated rings. The third kappa shape index (κ3) is 3.57. The van der Waals surface area contributed by atoms with Crippen LogP contribution in [0.2, 0.25) is 0 Å². The lowest BCUT2D eigenvalue weighted by atomic mass is 10.2. The Hall–Kier alpha value is -1.34. The Kier molecular flexibility index (Phi) is 5.13. The Morgan fingerprint density at radius 2 is 2.11 bits per heavy atom. The quantitative estimate of drug-likeness (QED) is 0.858. The van der Waals surface area contributed by atoms with Crippen LogP contribution in [0.5, 0.6) is 0 Å². The van der Waals surface area contributed by atoms with E-state index in [-0.39, 0.29) is 23.3 Å². The van der Waals surface area contributed by atoms with E-state index < -0.39 is 12.1 Å². The predicted octanol–water partition coefficient (Wildman–Crippen LogP) is 3.02. The zero-order chi connectivity index (χ0) is 14.6. The van der Waals surface area contributed by atoms with Crippen molar-refractivity contribution in [3.05, 3.63) is 40.9 Å². The number of rotatable bonds is 4. The Labute approximate surface area is 116 Å². The molecule has 1 amide bonds. The fraction of sp³-hybridized carbons (Fsp3) is 0.250. The van der Waals surface area contributed by atoms with Crippen molar-refractivity contribution in [1.82, 2.24) is 0 Å². The molecule has 0 bridgehead atoms. The van der Waals surface area contributed by atoms with E-state index in [1.165, 1.54) is 24.3 Å². The van der Waals surface area contributed by atoms with Gasteiger partial charge in [0.15, 0.2) is 0 Å². The van der Waals surface area contributed by atoms with Crippen molar-refractivity contribution >= 4 is 27.5 Å². The number of nitrogens with zero attached hydrogens (tertiary/aromatic N) is 1. The maximum Gasteiger partial charge on any atom is 0.471 e. The molecule has 1 N–H and O–H groups in total. The summed E-state index contributed by atoms with van der Waals surface area (Å²) in [6, 6.07) is 4.36. The van der Waals surface area contributed by atoms with Crippen LogP contribution in [-0.4, -0.2) is 23.7 Å². The number of aliphatic hydroxyl groups is 1. The molecule has 0 aliphatic rings. The second-order valence-corrected chi connectivity index (χ2v) is 4.40. The van der Waals surface area contributed by atoms with Gasteiger partial charge in [-0.15, -0.1) is 6.58 Å². The van der Waals surface area contributed by atoms with Crippen molar-refractivity contribution in [1.29, 1.82) is 0 Å². The van der Waals surface area contributed by atoms with E-state index in [1.807, 2.05) is 0 Å². The fourth-order valence-electron chi connectivity index (χ4n) is 1.47. The maximum absolute atomic E-state index is 12.5. The van der Waals surface area contributed by atoms with Crippen molar-refractivity contribution in [2.45, 2.75) is 12.8 Å². The summed E-state index contributed by atoms with van der Waals surface area (Å²) in [6.45, 7) is 2.70. The van der Waals surface area contributed by atoms with Gasteiger partial charge in [0.25, 0.3) is 0 Å². The van der Waals surface area contributed by atoms with Gasteiger partial charge in [-0.2, -0.15) is 13.2 Å². The lowest BCUT2D eigenvalue weighted by molar-refractivity contribution is -0.170. The van der Waals surface area contributed by atoms with E-state index in [9.17, 15) is 18.0 Å². The van der Waals surface area contributed by atoms with Crippen LogP contribution in [0.1, 0.15) is 5.56 Å². The van der Waals surface area contributed by atoms with Crippen molar-refractivity contribution in [2.75, 3.05) is 11.4 Å². The third-order valence-electron chi connectivity index (χ3n) is 2.32. The van der Waals surface area contributed by atoms with Gasteiger partial charge in [-0.3, -0.25) is 9.69 Å². The molecule has 19 heavy (non-hydrogen) atoms. The molecule has 104 valence electrons. The monoisotopic (exact) mass is 337 g/mol. The Bertz CT molecular complexity index is 488. The Morgan fingerprint density at radius 3 is 2.58 bits per heavy atom. The largest absolute Gasteiger partial charge is 0.471 e. The number of aliphatic hydroxyl groups excluding tert-OH is 1. The van der Waals surface area contributed by atoms with Crippen LogP contribution in [0.3, 0.4) is 0 Å². The number of anilines is 1. The molecular weight excluding hydrogens is 327 g/mol. The highest BCUT2D eigenvalue weighted by atomic mass is 79.9. The van der Waals surface area contributed by atoms with Crippen molar-refractivity contribution in [3.8, 4) is 0 Å². The van der Waals surface area contributed by atoms with Crippen LogP contribution in [0.25, 0.3) is 0 Å². The van der Waals surface area contributed by atoms with Crippen molar-refractivity contribution < 1.29 is 23.1 Å². The zero-order valence-electron chi connectivity index (χ0n) is 9.75. The molecule has 1 rings (SSSR count). The Morgan fingerprint density at radius 1 is 1.47 bits per heavy atom. The first-order valence-corrected chi connectivity index (χ1v) is 6.00. The summed E-state index contributed by atoms with van der Waals surface area (Å²) in [5.41, 5.74) is 0.426. The van der Waals surface area contributed by atoms with Crippen LogP contribution in [0, 0.1) is 0 Å². The topological polar surface area (TPSA) is 40.5 Å². The lowest BCUT2D eigenvalue weighted by Crippen LogP contribution is -2.41. The van der Waals surface area contributed by atoms with Gasteiger partial charge in [-0.25, -0.2) is 0 Å². The third-order valence-corrected chi connectivity index (χ3v) is 3.23. The average Bonchev–Trinajstić information content (AvgIpc) is 2.35. The zero-order valence-corrected chi connectivity index (χ0v) is 11.3. The molecule has 7 heteroatoms. The van der Waals surface area contributed by atoms with E-state index >= 15 is 0 Å². The minimum Gasteiger partial charge on any atom is -0.392 e. The minimum absolute atomic E-state index is 0.0359. The highest BCUT2D eigenvalue weighted by Gasteiger charge is 2.43. The number of benzene rings is 1. The molecule has 0 unspecified atom stereocenters. The first-order valence-electron chi connectivity index (χ1n) is 5.20. The molecular formula is C12H11BrF3NO2. The molecule has 0 aromatic heterocycles. The van der Waals surface area contributed by atoms with Gasteiger partial charge in [-0.1, -0.05) is 18.2 Å². The molecule has 0 heterocycles. The molecule has 0 atom stereocenters. The molecule has 0 saturated heterocycles. The van der Waals surface area contributed by atoms with E-state index in [0.29, 0.717) is 10.5 Å². The molecule has 0 saturated carbocycles. The number of alkyl halides is 3. The summed E-state index contributed by atoms with van der Waals surface area (Å²) < 4.78 is 37.8. The molecule has 0 aliphatic carbocycles. The highest BCUT2D eigenvalue weighted by Crippen LogP contribution is 2.32. The van der Waals surface area contributed by atoms with Crippen molar-refractivity contribution in [2.24, 2.45) is 0 Å². The molecule has 0 aliphatic heterocycles. The van der Waals surface area contributed by atoms with Gasteiger partial charge in [0.2, 0.25) is 0 Å². The summed E-state index contributed by atoms with van der Waals surface area (Å²) in [6.07, 6.45) is -3.78. The highest BCUT2D eigenvalue weighted by molar-refractivity contribution is 9.10. The van der Waals surface area contributed by atoms with Crippen LogP contribution < -0.4 is 4.90 Å². The molecule has 0 radical (unpaired) electrons. The summed E-state index contributed by atoms with van der Waals surface area (Å²) in [5, 5.41) is 9.08. The smallest absolute Gasteiger partial charge is 0.392 e. The van der Waals surface area contributed by atoms with E-state index in [1.54, 1.807) is 0 Å². The predicted molar refractivity (Wildman–Crippen MR) is 68.7 cm³/mol. The van der Waals surface area contributed by atoms with Gasteiger partial charge >= 0.3 is 12.1 Å². The van der Waals surface area contributed by atoms with Crippen molar-refractivity contribution in [3.63, 3.8) is 0 Å². The summed E-state index contributed by atoms with van der Waals surface area (Å²) in [5.74, 6) is -1.98. The number of carbonyl (C=O) groups excluding carboxylic acids is 1. The van der Waals surface area contributed by atoms with E-state index in [2.05, 4.69) is 22.5 Å². The standard InChI is InChI=1S/C12H11BrF3NO2/c1-2-6-17(11(19)12(14,15)16)9-5-3-4-8(7-18)10(9)13/h2-5,18H,1,6-7H2. The first kappa shape index (κ1) is 15.7. The normalized spacial score (nSPS) is 11.2. The molecule has 3 nitrogen and oxygen atoms in total. The number of amides is 1. The van der Waals surface area contributed by atoms with Gasteiger partial charge in [0.05, 0.1) is 12.3 Å². The van der Waals surface area contributed by atoms with Gasteiger partial charge in [0.1, 0.15) is 0 Å². The number of hydrogen-bond acceptors (Lipinski definition) is 2. The first-order chi connectivity index (χ1) is 8.82. The molecule has 1 aromatic rings. The summed E-state index contributed by atoms with van der Waals surface area (Å²) in [4.78, 5) is 11.9. The van der Waals surface area contributed by atoms with Gasteiger partial charge < -0.3 is 5.11 Å². The van der Waals surface area contributed by atoms with Crippen LogP contribution in [-0.2, 0) is 11.4 Å². The number of halogens is 4. The second-order valence-electron chi connectivity index (χ2n) is 3.61. The van der Waals surface area contributed by atoms with Crippen LogP contribution in [0.4, 0.5) is 18.9 Å². The SMILES string of the molecule is C=CCN(C(=O)C(F)(F)F)c1cccc(CO)c1Br. The van der Waals surface area contributed by atoms with E-state index in [0.717, 1.165) is 0 Å². The van der Waals surface area contributed by atoms with E-state index in [4.69, 9.17) is 5.11 Å². The fourth-order valence-corrected chi connectivity index (χ4v) is 2.07. The average molecular weight is 338 g/mol. The number of carbonyl (C=O) groups is 1. The molecule has 1 aromatic carbocycles.